The number of carbonyl (C=O) groups excluding carboxylic acids is 2. The van der Waals surface area contributed by atoms with Crippen LogP contribution in [0, 0.1) is 13.8 Å². The van der Waals surface area contributed by atoms with Crippen LogP contribution in [-0.4, -0.2) is 32.1 Å². The lowest BCUT2D eigenvalue weighted by molar-refractivity contribution is -0.127. The molecule has 0 aliphatic carbocycles. The summed E-state index contributed by atoms with van der Waals surface area (Å²) < 4.78 is 4.65. The highest BCUT2D eigenvalue weighted by Gasteiger charge is 2.08. The van der Waals surface area contributed by atoms with Crippen molar-refractivity contribution in [2.24, 2.45) is 0 Å². The lowest BCUT2D eigenvalue weighted by atomic mass is 10.1. The molecule has 5 nitrogen and oxygen atoms in total. The maximum Gasteiger partial charge on any atom is 0.246 e. The third kappa shape index (κ3) is 4.18. The van der Waals surface area contributed by atoms with Gasteiger partial charge in [0.1, 0.15) is 6.61 Å². The van der Waals surface area contributed by atoms with Gasteiger partial charge in [-0.15, -0.1) is 0 Å². The summed E-state index contributed by atoms with van der Waals surface area (Å²) in [4.78, 5) is 22.8. The van der Waals surface area contributed by atoms with Gasteiger partial charge in [0.15, 0.2) is 0 Å². The zero-order chi connectivity index (χ0) is 13.5. The second kappa shape index (κ2) is 6.76. The van der Waals surface area contributed by atoms with Crippen molar-refractivity contribution in [1.29, 1.82) is 0 Å². The van der Waals surface area contributed by atoms with Gasteiger partial charge < -0.3 is 15.4 Å². The number of benzene rings is 1. The lowest BCUT2D eigenvalue weighted by Gasteiger charge is -2.11. The molecule has 0 aliphatic rings. The fraction of sp³-hybridized carbons (Fsp3) is 0.385. The van der Waals surface area contributed by atoms with E-state index in [1.165, 1.54) is 7.11 Å². The third-order valence-electron chi connectivity index (χ3n) is 2.47. The molecule has 1 aromatic rings. The highest BCUT2D eigenvalue weighted by Crippen LogP contribution is 2.18. The van der Waals surface area contributed by atoms with E-state index in [0.29, 0.717) is 0 Å². The second-order valence-corrected chi connectivity index (χ2v) is 4.02. The molecule has 2 amide bonds. The van der Waals surface area contributed by atoms with Crippen molar-refractivity contribution in [3.05, 3.63) is 29.3 Å². The summed E-state index contributed by atoms with van der Waals surface area (Å²) in [6.45, 7) is 3.74. The Bertz CT molecular complexity index is 424. The summed E-state index contributed by atoms with van der Waals surface area (Å²) in [7, 11) is 1.43. The highest BCUT2D eigenvalue weighted by atomic mass is 16.5. The Morgan fingerprint density at radius 3 is 2.33 bits per heavy atom. The number of amides is 2. The van der Waals surface area contributed by atoms with Crippen LogP contribution in [0.15, 0.2) is 18.2 Å². The molecule has 2 N–H and O–H groups in total. The van der Waals surface area contributed by atoms with E-state index < -0.39 is 0 Å². The van der Waals surface area contributed by atoms with Gasteiger partial charge in [0.25, 0.3) is 0 Å². The fourth-order valence-corrected chi connectivity index (χ4v) is 1.56. The van der Waals surface area contributed by atoms with Gasteiger partial charge >= 0.3 is 0 Å². The summed E-state index contributed by atoms with van der Waals surface area (Å²) in [5.74, 6) is -0.564. The molecule has 0 unspecified atom stereocenters. The van der Waals surface area contributed by atoms with E-state index in [2.05, 4.69) is 15.4 Å². The average molecular weight is 250 g/mol. The van der Waals surface area contributed by atoms with Crippen molar-refractivity contribution >= 4 is 17.5 Å². The predicted octanol–water partition coefficient (Wildman–Crippen LogP) is 1.00. The summed E-state index contributed by atoms with van der Waals surface area (Å²) in [5, 5.41) is 5.25. The molecule has 0 aromatic heterocycles. The molecule has 0 saturated heterocycles. The number of aryl methyl sites for hydroxylation is 2. The van der Waals surface area contributed by atoms with E-state index in [0.717, 1.165) is 16.8 Å². The first kappa shape index (κ1) is 14.2. The molecule has 5 heteroatoms. The van der Waals surface area contributed by atoms with Gasteiger partial charge in [-0.05, 0) is 25.0 Å². The average Bonchev–Trinajstić information content (AvgIpc) is 2.32. The first-order valence-corrected chi connectivity index (χ1v) is 5.66. The van der Waals surface area contributed by atoms with Gasteiger partial charge in [0.05, 0.1) is 6.54 Å². The highest BCUT2D eigenvalue weighted by molar-refractivity contribution is 5.95. The predicted molar refractivity (Wildman–Crippen MR) is 69.4 cm³/mol. The first-order valence-electron chi connectivity index (χ1n) is 5.66. The number of nitrogens with one attached hydrogen (secondary N) is 2. The molecule has 98 valence electrons. The third-order valence-corrected chi connectivity index (χ3v) is 2.47. The van der Waals surface area contributed by atoms with Crippen LogP contribution in [-0.2, 0) is 14.3 Å². The largest absolute Gasteiger partial charge is 0.375 e. The number of rotatable bonds is 5. The smallest absolute Gasteiger partial charge is 0.246 e. The Morgan fingerprint density at radius 1 is 1.17 bits per heavy atom. The topological polar surface area (TPSA) is 67.4 Å². The van der Waals surface area contributed by atoms with Gasteiger partial charge in [0, 0.05) is 12.8 Å². The Balaban J connectivity index is 2.52. The van der Waals surface area contributed by atoms with Gasteiger partial charge in [0.2, 0.25) is 11.8 Å². The zero-order valence-corrected chi connectivity index (χ0v) is 10.9. The molecule has 1 rings (SSSR count). The minimum atomic E-state index is -0.311. The van der Waals surface area contributed by atoms with Crippen LogP contribution < -0.4 is 10.6 Å². The van der Waals surface area contributed by atoms with Crippen LogP contribution in [0.25, 0.3) is 0 Å². The molecule has 0 spiro atoms. The van der Waals surface area contributed by atoms with Crippen molar-refractivity contribution in [2.45, 2.75) is 13.8 Å². The number of hydrogen-bond acceptors (Lipinski definition) is 3. The van der Waals surface area contributed by atoms with Crippen molar-refractivity contribution in [2.75, 3.05) is 25.6 Å². The van der Waals surface area contributed by atoms with Crippen molar-refractivity contribution < 1.29 is 14.3 Å². The van der Waals surface area contributed by atoms with Gasteiger partial charge in [-0.25, -0.2) is 0 Å². The van der Waals surface area contributed by atoms with Crippen LogP contribution in [0.1, 0.15) is 11.1 Å². The molecule has 0 bridgehead atoms. The lowest BCUT2D eigenvalue weighted by Crippen LogP contribution is -2.35. The Hall–Kier alpha value is -1.88. The van der Waals surface area contributed by atoms with E-state index in [9.17, 15) is 9.59 Å². The number of hydrogen-bond donors (Lipinski definition) is 2. The van der Waals surface area contributed by atoms with Crippen LogP contribution in [0.4, 0.5) is 5.69 Å². The standard InChI is InChI=1S/C13H18N2O3/c1-9-5-4-6-10(2)13(9)15-11(16)7-14-12(17)8-18-3/h4-6H,7-8H2,1-3H3,(H,14,17)(H,15,16). The van der Waals surface area contributed by atoms with Gasteiger partial charge in [-0.1, -0.05) is 18.2 Å². The van der Waals surface area contributed by atoms with Gasteiger partial charge in [-0.3, -0.25) is 9.59 Å². The van der Waals surface area contributed by atoms with Crippen molar-refractivity contribution in [3.8, 4) is 0 Å². The van der Waals surface area contributed by atoms with Crippen molar-refractivity contribution in [1.82, 2.24) is 5.32 Å². The normalized spacial score (nSPS) is 9.94. The molecular formula is C13H18N2O3. The number of carbonyl (C=O) groups is 2. The summed E-state index contributed by atoms with van der Waals surface area (Å²) >= 11 is 0. The fourth-order valence-electron chi connectivity index (χ4n) is 1.56. The second-order valence-electron chi connectivity index (χ2n) is 4.02. The molecule has 0 saturated carbocycles. The number of ether oxygens (including phenoxy) is 1. The molecule has 0 radical (unpaired) electrons. The zero-order valence-electron chi connectivity index (χ0n) is 10.9. The quantitative estimate of drug-likeness (QED) is 0.819. The summed E-state index contributed by atoms with van der Waals surface area (Å²) in [6, 6.07) is 5.78. The minimum Gasteiger partial charge on any atom is -0.375 e. The van der Waals surface area contributed by atoms with Crippen LogP contribution >= 0.6 is 0 Å². The van der Waals surface area contributed by atoms with Crippen LogP contribution in [0.3, 0.4) is 0 Å². The van der Waals surface area contributed by atoms with E-state index in [-0.39, 0.29) is 25.0 Å². The molecule has 0 atom stereocenters. The summed E-state index contributed by atoms with van der Waals surface area (Å²) in [6.07, 6.45) is 0. The number of para-hydroxylation sites is 1. The number of anilines is 1. The van der Waals surface area contributed by atoms with Crippen LogP contribution in [0.5, 0.6) is 0 Å². The van der Waals surface area contributed by atoms with E-state index in [1.54, 1.807) is 0 Å². The molecular weight excluding hydrogens is 232 g/mol. The maximum atomic E-state index is 11.7. The molecule has 0 aliphatic heterocycles. The molecule has 0 fully saturated rings. The molecule has 18 heavy (non-hydrogen) atoms. The van der Waals surface area contributed by atoms with Crippen LogP contribution in [0.2, 0.25) is 0 Å². The Labute approximate surface area is 107 Å². The Kier molecular flexibility index (Phi) is 5.32. The van der Waals surface area contributed by atoms with E-state index in [1.807, 2.05) is 32.0 Å². The Morgan fingerprint density at radius 2 is 1.78 bits per heavy atom. The minimum absolute atomic E-state index is 0.0450. The maximum absolute atomic E-state index is 11.7. The van der Waals surface area contributed by atoms with Gasteiger partial charge in [-0.2, -0.15) is 0 Å². The molecule has 0 heterocycles. The first-order chi connectivity index (χ1) is 8.54. The van der Waals surface area contributed by atoms with Crippen molar-refractivity contribution in [3.63, 3.8) is 0 Å². The SMILES string of the molecule is COCC(=O)NCC(=O)Nc1c(C)cccc1C. The van der Waals surface area contributed by atoms with E-state index in [4.69, 9.17) is 0 Å². The summed E-state index contributed by atoms with van der Waals surface area (Å²) in [5.41, 5.74) is 2.78. The number of methoxy groups -OCH3 is 1. The monoisotopic (exact) mass is 250 g/mol. The van der Waals surface area contributed by atoms with E-state index >= 15 is 0 Å². The molecule has 1 aromatic carbocycles.